The van der Waals surface area contributed by atoms with Crippen molar-refractivity contribution < 1.29 is 14.3 Å². The van der Waals surface area contributed by atoms with Crippen LogP contribution >= 0.6 is 22.9 Å². The van der Waals surface area contributed by atoms with Gasteiger partial charge in [0.1, 0.15) is 5.75 Å². The third-order valence-corrected chi connectivity index (χ3v) is 6.88. The molecule has 0 saturated carbocycles. The zero-order valence-electron chi connectivity index (χ0n) is 17.5. The first kappa shape index (κ1) is 21.6. The van der Waals surface area contributed by atoms with E-state index in [1.807, 2.05) is 35.2 Å². The number of amides is 1. The maximum atomic E-state index is 13.4. The number of thiophene rings is 1. The molecule has 1 aliphatic rings. The molecule has 162 valence electrons. The van der Waals surface area contributed by atoms with Crippen molar-refractivity contribution in [1.82, 2.24) is 14.7 Å². The summed E-state index contributed by atoms with van der Waals surface area (Å²) >= 11 is 7.61. The SMILES string of the molecule is COc1ccccc1C(=O)n1nc(C2CCCN2C(C)=O)cc1CCc1ccc(Cl)s1. The van der Waals surface area contributed by atoms with E-state index in [4.69, 9.17) is 16.3 Å². The second-order valence-electron chi connectivity index (χ2n) is 7.55. The van der Waals surface area contributed by atoms with Gasteiger partial charge in [-0.2, -0.15) is 5.10 Å². The third kappa shape index (κ3) is 4.52. The van der Waals surface area contributed by atoms with Crippen LogP contribution in [0.25, 0.3) is 0 Å². The van der Waals surface area contributed by atoms with E-state index in [0.29, 0.717) is 17.7 Å². The first-order valence-electron chi connectivity index (χ1n) is 10.3. The number of nitrogens with zero attached hydrogens (tertiary/aromatic N) is 3. The summed E-state index contributed by atoms with van der Waals surface area (Å²) in [5, 5.41) is 4.69. The second kappa shape index (κ2) is 9.24. The van der Waals surface area contributed by atoms with Crippen molar-refractivity contribution in [3.05, 3.63) is 68.6 Å². The van der Waals surface area contributed by atoms with Crippen LogP contribution < -0.4 is 4.74 Å². The number of benzene rings is 1. The molecule has 0 bridgehead atoms. The molecule has 1 amide bonds. The molecule has 8 heteroatoms. The van der Waals surface area contributed by atoms with E-state index >= 15 is 0 Å². The molecule has 1 aliphatic heterocycles. The lowest BCUT2D eigenvalue weighted by Crippen LogP contribution is -2.28. The highest BCUT2D eigenvalue weighted by Crippen LogP contribution is 2.32. The first-order valence-corrected chi connectivity index (χ1v) is 11.5. The standard InChI is InChI=1S/C23H24ClN3O3S/c1-15(28)26-13-5-7-20(26)19-14-16(9-10-17-11-12-22(24)31-17)27(25-19)23(29)18-6-3-4-8-21(18)30-2/h3-4,6,8,11-12,14,20H,5,7,9-10,13H2,1-2H3. The fraction of sp³-hybridized carbons (Fsp3) is 0.348. The number of hydrogen-bond donors (Lipinski definition) is 0. The van der Waals surface area contributed by atoms with Crippen LogP contribution in [-0.2, 0) is 17.6 Å². The van der Waals surface area contributed by atoms with Gasteiger partial charge < -0.3 is 9.64 Å². The van der Waals surface area contributed by atoms with Gasteiger partial charge in [-0.3, -0.25) is 9.59 Å². The maximum absolute atomic E-state index is 13.4. The Morgan fingerprint density at radius 1 is 1.23 bits per heavy atom. The Balaban J connectivity index is 1.70. The van der Waals surface area contributed by atoms with Crippen LogP contribution in [0, 0.1) is 0 Å². The Bertz CT molecular complexity index is 1110. The molecule has 1 fully saturated rings. The number of aromatic nitrogens is 2. The minimum Gasteiger partial charge on any atom is -0.496 e. The van der Waals surface area contributed by atoms with Gasteiger partial charge in [-0.15, -0.1) is 11.3 Å². The lowest BCUT2D eigenvalue weighted by molar-refractivity contribution is -0.129. The molecule has 3 aromatic rings. The highest BCUT2D eigenvalue weighted by Gasteiger charge is 2.31. The summed E-state index contributed by atoms with van der Waals surface area (Å²) in [6.45, 7) is 2.30. The molecule has 1 saturated heterocycles. The van der Waals surface area contributed by atoms with Gasteiger partial charge in [-0.05, 0) is 56.0 Å². The Kier molecular flexibility index (Phi) is 6.43. The predicted molar refractivity (Wildman–Crippen MR) is 121 cm³/mol. The van der Waals surface area contributed by atoms with E-state index in [9.17, 15) is 9.59 Å². The minimum atomic E-state index is -0.240. The number of aryl methyl sites for hydroxylation is 2. The molecular formula is C23H24ClN3O3S. The normalized spacial score (nSPS) is 16.0. The lowest BCUT2D eigenvalue weighted by atomic mass is 10.1. The summed E-state index contributed by atoms with van der Waals surface area (Å²) in [7, 11) is 1.55. The van der Waals surface area contributed by atoms with Gasteiger partial charge in [0.05, 0.1) is 28.7 Å². The summed E-state index contributed by atoms with van der Waals surface area (Å²) in [4.78, 5) is 28.5. The van der Waals surface area contributed by atoms with Crippen molar-refractivity contribution in [2.24, 2.45) is 0 Å². The Morgan fingerprint density at radius 3 is 2.74 bits per heavy atom. The maximum Gasteiger partial charge on any atom is 0.282 e. The average molecular weight is 458 g/mol. The summed E-state index contributed by atoms with van der Waals surface area (Å²) in [6, 6.07) is 12.9. The fourth-order valence-electron chi connectivity index (χ4n) is 4.08. The molecule has 4 rings (SSSR count). The topological polar surface area (TPSA) is 64.4 Å². The lowest BCUT2D eigenvalue weighted by Gasteiger charge is -2.21. The molecule has 31 heavy (non-hydrogen) atoms. The average Bonchev–Trinajstić information content (AvgIpc) is 3.50. The molecule has 6 nitrogen and oxygen atoms in total. The summed E-state index contributed by atoms with van der Waals surface area (Å²) in [5.74, 6) is 0.296. The van der Waals surface area contributed by atoms with Crippen LogP contribution in [-0.4, -0.2) is 40.1 Å². The number of carbonyl (C=O) groups excluding carboxylic acids is 2. The van der Waals surface area contributed by atoms with E-state index in [0.717, 1.165) is 46.4 Å². The van der Waals surface area contributed by atoms with Gasteiger partial charge in [0.25, 0.3) is 5.91 Å². The fourth-order valence-corrected chi connectivity index (χ4v) is 5.17. The van der Waals surface area contributed by atoms with Gasteiger partial charge in [0.15, 0.2) is 0 Å². The van der Waals surface area contributed by atoms with Crippen LogP contribution in [0.4, 0.5) is 0 Å². The van der Waals surface area contributed by atoms with Gasteiger partial charge in [-0.1, -0.05) is 23.7 Å². The molecule has 0 spiro atoms. The van der Waals surface area contributed by atoms with Gasteiger partial charge in [0.2, 0.25) is 5.91 Å². The number of para-hydroxylation sites is 1. The highest BCUT2D eigenvalue weighted by atomic mass is 35.5. The van der Waals surface area contributed by atoms with Crippen molar-refractivity contribution >= 4 is 34.8 Å². The summed E-state index contributed by atoms with van der Waals surface area (Å²) in [6.07, 6.45) is 3.17. The molecule has 1 aromatic carbocycles. The zero-order valence-corrected chi connectivity index (χ0v) is 19.1. The van der Waals surface area contributed by atoms with Gasteiger partial charge >= 0.3 is 0 Å². The molecule has 1 unspecified atom stereocenters. The number of halogens is 1. The van der Waals surface area contributed by atoms with Gasteiger partial charge in [0, 0.05) is 24.0 Å². The van der Waals surface area contributed by atoms with Crippen LogP contribution in [0.15, 0.2) is 42.5 Å². The van der Waals surface area contributed by atoms with E-state index in [1.165, 1.54) is 16.0 Å². The van der Waals surface area contributed by atoms with Crippen LogP contribution in [0.3, 0.4) is 0 Å². The number of likely N-dealkylation sites (tertiary alicyclic amines) is 1. The third-order valence-electron chi connectivity index (χ3n) is 5.59. The van der Waals surface area contributed by atoms with E-state index < -0.39 is 0 Å². The van der Waals surface area contributed by atoms with E-state index in [1.54, 1.807) is 26.2 Å². The molecule has 0 N–H and O–H groups in total. The van der Waals surface area contributed by atoms with Crippen LogP contribution in [0.1, 0.15) is 52.4 Å². The molecular weight excluding hydrogens is 434 g/mol. The van der Waals surface area contributed by atoms with Gasteiger partial charge in [-0.25, -0.2) is 4.68 Å². The second-order valence-corrected chi connectivity index (χ2v) is 9.35. The molecule has 2 aromatic heterocycles. The van der Waals surface area contributed by atoms with Crippen LogP contribution in [0.5, 0.6) is 5.75 Å². The summed E-state index contributed by atoms with van der Waals surface area (Å²) in [5.41, 5.74) is 2.02. The van der Waals surface area contributed by atoms with Crippen molar-refractivity contribution in [2.75, 3.05) is 13.7 Å². The smallest absolute Gasteiger partial charge is 0.282 e. The molecule has 0 radical (unpaired) electrons. The summed E-state index contributed by atoms with van der Waals surface area (Å²) < 4.78 is 7.61. The number of hydrogen-bond acceptors (Lipinski definition) is 5. The van der Waals surface area contributed by atoms with E-state index in [2.05, 4.69) is 5.10 Å². The largest absolute Gasteiger partial charge is 0.496 e. The van der Waals surface area contributed by atoms with Crippen molar-refractivity contribution in [2.45, 2.75) is 38.6 Å². The minimum absolute atomic E-state index is 0.0304. The molecule has 3 heterocycles. The zero-order chi connectivity index (χ0) is 22.0. The monoisotopic (exact) mass is 457 g/mol. The Labute approximate surface area is 190 Å². The Morgan fingerprint density at radius 2 is 2.03 bits per heavy atom. The quantitative estimate of drug-likeness (QED) is 0.535. The number of carbonyl (C=O) groups is 2. The Hall–Kier alpha value is -2.64. The number of methoxy groups -OCH3 is 1. The van der Waals surface area contributed by atoms with Crippen molar-refractivity contribution in [3.8, 4) is 5.75 Å². The van der Waals surface area contributed by atoms with E-state index in [-0.39, 0.29) is 17.9 Å². The van der Waals surface area contributed by atoms with Crippen LogP contribution in [0.2, 0.25) is 4.34 Å². The number of rotatable bonds is 6. The predicted octanol–water partition coefficient (Wildman–Crippen LogP) is 4.76. The highest BCUT2D eigenvalue weighted by molar-refractivity contribution is 7.16. The van der Waals surface area contributed by atoms with Crippen molar-refractivity contribution in [3.63, 3.8) is 0 Å². The number of ether oxygens (including phenoxy) is 1. The molecule has 1 atom stereocenters. The first-order chi connectivity index (χ1) is 15.0. The van der Waals surface area contributed by atoms with Crippen molar-refractivity contribution in [1.29, 1.82) is 0 Å². The molecule has 0 aliphatic carbocycles.